The van der Waals surface area contributed by atoms with E-state index in [0.717, 1.165) is 57.9 Å². The van der Waals surface area contributed by atoms with Crippen LogP contribution in [0.4, 0.5) is 4.39 Å². The maximum Gasteiger partial charge on any atom is 0.142 e. The fourth-order valence-electron chi connectivity index (χ4n) is 5.28. The van der Waals surface area contributed by atoms with Crippen molar-refractivity contribution in [3.63, 3.8) is 0 Å². The molecule has 0 spiro atoms. The molecular formula is C27H30ClFN6. The molecule has 0 radical (unpaired) electrons. The van der Waals surface area contributed by atoms with Gasteiger partial charge in [0.25, 0.3) is 0 Å². The lowest BCUT2D eigenvalue weighted by Crippen LogP contribution is -2.48. The van der Waals surface area contributed by atoms with E-state index in [4.69, 9.17) is 16.7 Å². The van der Waals surface area contributed by atoms with Gasteiger partial charge in [0.15, 0.2) is 0 Å². The molecule has 1 saturated heterocycles. The van der Waals surface area contributed by atoms with Gasteiger partial charge in [0.1, 0.15) is 22.7 Å². The molecule has 4 aromatic rings. The van der Waals surface area contributed by atoms with Crippen LogP contribution in [0, 0.1) is 12.8 Å². The molecule has 0 unspecified atom stereocenters. The maximum atomic E-state index is 14.3. The lowest BCUT2D eigenvalue weighted by atomic mass is 10.0. The number of aryl methyl sites for hydroxylation is 1. The second-order valence-corrected chi connectivity index (χ2v) is 10.4. The molecule has 1 N–H and O–H groups in total. The van der Waals surface area contributed by atoms with Gasteiger partial charge >= 0.3 is 0 Å². The monoisotopic (exact) mass is 492 g/mol. The van der Waals surface area contributed by atoms with Crippen LogP contribution in [0.15, 0.2) is 43.1 Å². The lowest BCUT2D eigenvalue weighted by Gasteiger charge is -2.37. The summed E-state index contributed by atoms with van der Waals surface area (Å²) in [5, 5.41) is 9.80. The first-order chi connectivity index (χ1) is 16.9. The summed E-state index contributed by atoms with van der Waals surface area (Å²) in [4.78, 5) is 6.67. The molecule has 8 heteroatoms. The van der Waals surface area contributed by atoms with Crippen LogP contribution >= 0.6 is 11.6 Å². The predicted molar refractivity (Wildman–Crippen MR) is 139 cm³/mol. The van der Waals surface area contributed by atoms with E-state index < -0.39 is 6.17 Å². The summed E-state index contributed by atoms with van der Waals surface area (Å²) in [7, 11) is 1.88. The molecule has 6 rings (SSSR count). The number of hydrogen-bond acceptors (Lipinski definition) is 4. The largest absolute Gasteiger partial charge is 0.367 e. The van der Waals surface area contributed by atoms with E-state index in [1.54, 1.807) is 0 Å². The molecule has 5 heterocycles. The minimum Gasteiger partial charge on any atom is -0.367 e. The van der Waals surface area contributed by atoms with Gasteiger partial charge in [-0.1, -0.05) is 18.2 Å². The first-order valence-corrected chi connectivity index (χ1v) is 12.7. The first kappa shape index (κ1) is 22.6. The Hall–Kier alpha value is -2.90. The van der Waals surface area contributed by atoms with Gasteiger partial charge in [-0.25, -0.2) is 13.9 Å². The summed E-state index contributed by atoms with van der Waals surface area (Å²) in [6, 6.07) is 10.3. The van der Waals surface area contributed by atoms with Gasteiger partial charge in [0, 0.05) is 54.1 Å². The Morgan fingerprint density at radius 1 is 1.23 bits per heavy atom. The molecule has 2 atom stereocenters. The summed E-state index contributed by atoms with van der Waals surface area (Å²) >= 11 is 6.25. The summed E-state index contributed by atoms with van der Waals surface area (Å²) < 4.78 is 18.5. The summed E-state index contributed by atoms with van der Waals surface area (Å²) in [5.41, 5.74) is 6.85. The number of nitrogens with one attached hydrogen (secondary N) is 1. The third-order valence-corrected chi connectivity index (χ3v) is 7.70. The van der Waals surface area contributed by atoms with E-state index in [0.29, 0.717) is 24.0 Å². The van der Waals surface area contributed by atoms with Crippen LogP contribution in [-0.2, 0) is 6.54 Å². The van der Waals surface area contributed by atoms with Crippen LogP contribution < -0.4 is 5.32 Å². The molecule has 0 bridgehead atoms. The molecule has 2 aliphatic rings. The molecular weight excluding hydrogens is 463 g/mol. The molecule has 4 aromatic heterocycles. The van der Waals surface area contributed by atoms with Crippen molar-refractivity contribution in [2.24, 2.45) is 5.92 Å². The van der Waals surface area contributed by atoms with Gasteiger partial charge in [0.05, 0.1) is 11.2 Å². The molecule has 35 heavy (non-hydrogen) atoms. The molecule has 1 saturated carbocycles. The van der Waals surface area contributed by atoms with Gasteiger partial charge in [-0.15, -0.1) is 0 Å². The minimum atomic E-state index is -0.865. The summed E-state index contributed by atoms with van der Waals surface area (Å²) in [6.07, 6.45) is 4.18. The maximum absolute atomic E-state index is 14.3. The third kappa shape index (κ3) is 4.10. The number of fused-ring (bicyclic) bond motifs is 2. The van der Waals surface area contributed by atoms with Crippen molar-refractivity contribution in [3.05, 3.63) is 59.4 Å². The van der Waals surface area contributed by atoms with Crippen molar-refractivity contribution in [2.45, 2.75) is 44.9 Å². The van der Waals surface area contributed by atoms with Crippen LogP contribution in [-0.4, -0.2) is 56.4 Å². The van der Waals surface area contributed by atoms with Crippen LogP contribution in [0.1, 0.15) is 30.4 Å². The van der Waals surface area contributed by atoms with Crippen LogP contribution in [0.3, 0.4) is 0 Å². The summed E-state index contributed by atoms with van der Waals surface area (Å²) in [6.45, 7) is 8.45. The van der Waals surface area contributed by atoms with Gasteiger partial charge in [-0.3, -0.25) is 0 Å². The van der Waals surface area contributed by atoms with Crippen molar-refractivity contribution in [2.75, 3.05) is 20.1 Å². The smallest absolute Gasteiger partial charge is 0.142 e. The topological polar surface area (TPSA) is 50.4 Å². The van der Waals surface area contributed by atoms with E-state index in [1.165, 1.54) is 12.8 Å². The van der Waals surface area contributed by atoms with E-state index in [1.807, 2.05) is 34.8 Å². The highest BCUT2D eigenvalue weighted by molar-refractivity contribution is 6.29. The van der Waals surface area contributed by atoms with Crippen molar-refractivity contribution in [3.8, 4) is 11.4 Å². The van der Waals surface area contributed by atoms with Crippen LogP contribution in [0.25, 0.3) is 33.6 Å². The SMILES string of the molecule is C=C(c1ccc2c(C)c(-c3cc4ccc(Cl)nc4n3CC3CC3)nn2c1)N1C[C@H](F)C[C@@H](NC)C1. The highest BCUT2D eigenvalue weighted by atomic mass is 35.5. The predicted octanol–water partition coefficient (Wildman–Crippen LogP) is 5.33. The van der Waals surface area contributed by atoms with Gasteiger partial charge in [0.2, 0.25) is 0 Å². The molecule has 2 fully saturated rings. The highest BCUT2D eigenvalue weighted by Crippen LogP contribution is 2.37. The van der Waals surface area contributed by atoms with E-state index in [-0.39, 0.29) is 6.04 Å². The normalized spacial score (nSPS) is 20.7. The Kier molecular flexibility index (Phi) is 5.57. The van der Waals surface area contributed by atoms with Crippen LogP contribution in [0.5, 0.6) is 0 Å². The van der Waals surface area contributed by atoms with Crippen molar-refractivity contribution < 1.29 is 4.39 Å². The molecule has 1 aliphatic heterocycles. The minimum absolute atomic E-state index is 0.119. The second kappa shape index (κ2) is 8.64. The van der Waals surface area contributed by atoms with Gasteiger partial charge in [-0.05, 0) is 69.5 Å². The molecule has 0 amide bonds. The van der Waals surface area contributed by atoms with Gasteiger partial charge in [-0.2, -0.15) is 5.10 Å². The van der Waals surface area contributed by atoms with Crippen molar-refractivity contribution in [1.82, 2.24) is 29.4 Å². The summed E-state index contributed by atoms with van der Waals surface area (Å²) in [5.74, 6) is 0.683. The quantitative estimate of drug-likeness (QED) is 0.370. The van der Waals surface area contributed by atoms with E-state index in [9.17, 15) is 4.39 Å². The fraction of sp³-hybridized carbons (Fsp3) is 0.407. The Labute approximate surface area is 209 Å². The number of pyridine rings is 2. The van der Waals surface area contributed by atoms with Gasteiger partial charge < -0.3 is 14.8 Å². The Morgan fingerprint density at radius 2 is 2.06 bits per heavy atom. The number of likely N-dealkylation sites (tertiary alicyclic amines) is 1. The highest BCUT2D eigenvalue weighted by Gasteiger charge is 2.28. The molecule has 6 nitrogen and oxygen atoms in total. The number of alkyl halides is 1. The Bertz CT molecular complexity index is 1430. The third-order valence-electron chi connectivity index (χ3n) is 7.49. The number of aromatic nitrogens is 4. The Balaban J connectivity index is 1.39. The lowest BCUT2D eigenvalue weighted by molar-refractivity contribution is 0.159. The van der Waals surface area contributed by atoms with Crippen molar-refractivity contribution >= 4 is 33.8 Å². The molecule has 182 valence electrons. The van der Waals surface area contributed by atoms with Crippen LogP contribution in [0.2, 0.25) is 5.15 Å². The Morgan fingerprint density at radius 3 is 2.83 bits per heavy atom. The van der Waals surface area contributed by atoms with Crippen molar-refractivity contribution in [1.29, 1.82) is 0 Å². The molecule has 0 aromatic carbocycles. The average Bonchev–Trinajstić information content (AvgIpc) is 3.53. The molecule has 1 aliphatic carbocycles. The zero-order chi connectivity index (χ0) is 24.3. The zero-order valence-corrected chi connectivity index (χ0v) is 20.9. The number of nitrogens with zero attached hydrogens (tertiary/aromatic N) is 5. The number of rotatable bonds is 6. The zero-order valence-electron chi connectivity index (χ0n) is 20.1. The standard InChI is InChI=1S/C27H30ClFN6/c1-16-23-8-6-20(17(2)33-14-21(29)11-22(15-33)30-3)13-35(23)32-26(16)24-10-19-7-9-25(28)31-27(19)34(24)12-18-4-5-18/h6-10,13,18,21-22,30H,2,4-5,11-12,14-15H2,1,3H3/t21-,22-/m1/s1. The number of likely N-dealkylation sites (N-methyl/N-ethyl adjacent to an activating group) is 1. The number of hydrogen-bond donors (Lipinski definition) is 1. The second-order valence-electron chi connectivity index (χ2n) is 10.0. The van der Waals surface area contributed by atoms with E-state index in [2.05, 4.69) is 46.6 Å². The first-order valence-electron chi connectivity index (χ1n) is 12.3. The van der Waals surface area contributed by atoms with E-state index >= 15 is 0 Å². The number of piperidine rings is 1. The number of halogens is 2. The fourth-order valence-corrected chi connectivity index (χ4v) is 5.42. The average molecular weight is 493 g/mol.